The summed E-state index contributed by atoms with van der Waals surface area (Å²) in [6.07, 6.45) is 9.17. The summed E-state index contributed by atoms with van der Waals surface area (Å²) >= 11 is 1.51. The van der Waals surface area contributed by atoms with Gasteiger partial charge in [0.15, 0.2) is 11.6 Å². The van der Waals surface area contributed by atoms with Crippen molar-refractivity contribution in [2.75, 3.05) is 6.54 Å². The number of carbonyl (C=O) groups is 2. The Kier molecular flexibility index (Phi) is 16.3. The number of hydrogen-bond donors (Lipinski definition) is 3. The van der Waals surface area contributed by atoms with Gasteiger partial charge in [0.25, 0.3) is 0 Å². The molecule has 2 aliphatic carbocycles. The molecule has 0 saturated carbocycles. The molecule has 0 spiro atoms. The molecule has 46 heavy (non-hydrogen) atoms. The number of carbonyl (C=O) groups excluding carboxylic acids is 2. The summed E-state index contributed by atoms with van der Waals surface area (Å²) in [5.41, 5.74) is 0.180. The molecular weight excluding hydrogens is 689 g/mol. The Hall–Kier alpha value is -4.63. The number of nitro groups is 2. The van der Waals surface area contributed by atoms with Crippen LogP contribution in [0.1, 0.15) is 34.6 Å². The molecule has 0 aliphatic heterocycles. The number of rotatable bonds is 7. The number of nitrogens with one attached hydrogen (secondary N) is 1. The zero-order valence-electron chi connectivity index (χ0n) is 25.1. The fourth-order valence-electron chi connectivity index (χ4n) is 3.63. The van der Waals surface area contributed by atoms with E-state index in [-0.39, 0.29) is 70.9 Å². The van der Waals surface area contributed by atoms with E-state index in [0.29, 0.717) is 0 Å². The van der Waals surface area contributed by atoms with Gasteiger partial charge in [-0.25, -0.2) is 0 Å². The average Bonchev–Trinajstić information content (AvgIpc) is 3.63. The molecule has 4 rings (SSSR count). The van der Waals surface area contributed by atoms with Crippen molar-refractivity contribution >= 4 is 55.7 Å². The number of nitrogens with zero attached hydrogens (tertiary/aromatic N) is 8. The fraction of sp³-hybridized carbons (Fsp3) is 0.308. The first-order valence-corrected chi connectivity index (χ1v) is 14.7. The Morgan fingerprint density at radius 3 is 1.37 bits per heavy atom. The van der Waals surface area contributed by atoms with E-state index in [1.807, 2.05) is 0 Å². The Morgan fingerprint density at radius 1 is 0.761 bits per heavy atom. The molecule has 0 aromatic carbocycles. The predicted octanol–water partition coefficient (Wildman–Crippen LogP) is 1.61. The smallest absolute Gasteiger partial charge is 0.319 e. The van der Waals surface area contributed by atoms with E-state index in [2.05, 4.69) is 65.0 Å². The molecule has 17 nitrogen and oxygen atoms in total. The van der Waals surface area contributed by atoms with Crippen LogP contribution in [0.4, 0.5) is 10.0 Å². The van der Waals surface area contributed by atoms with Crippen molar-refractivity contribution < 1.29 is 51.3 Å². The van der Waals surface area contributed by atoms with Crippen LogP contribution in [-0.2, 0) is 26.4 Å². The maximum absolute atomic E-state index is 10.9. The van der Waals surface area contributed by atoms with Crippen LogP contribution < -0.4 is 24.5 Å². The van der Waals surface area contributed by atoms with E-state index in [4.69, 9.17) is 0 Å². The van der Waals surface area contributed by atoms with Gasteiger partial charge in [-0.2, -0.15) is 0 Å². The number of aliphatic hydroxyl groups is 2. The van der Waals surface area contributed by atoms with Gasteiger partial charge in [0.1, 0.15) is 22.9 Å². The van der Waals surface area contributed by atoms with Crippen molar-refractivity contribution in [2.24, 2.45) is 20.4 Å². The first-order chi connectivity index (χ1) is 21.2. The molecule has 2 aromatic heterocycles. The second-order valence-corrected chi connectivity index (χ2v) is 11.4. The Morgan fingerprint density at radius 2 is 1.13 bits per heavy atom. The molecule has 0 atom stereocenters. The molecule has 0 unspecified atom stereocenters. The molecule has 1 radical (unpaired) electrons. The summed E-state index contributed by atoms with van der Waals surface area (Å²) in [4.78, 5) is 50.6. The first kappa shape index (κ1) is 39.4. The minimum atomic E-state index is -0.583. The van der Waals surface area contributed by atoms with Crippen molar-refractivity contribution in [2.45, 2.75) is 46.7 Å². The summed E-state index contributed by atoms with van der Waals surface area (Å²) in [6, 6.07) is 1.55. The van der Waals surface area contributed by atoms with Gasteiger partial charge in [-0.1, -0.05) is 22.7 Å². The number of ketones is 2. The van der Waals surface area contributed by atoms with Gasteiger partial charge in [-0.3, -0.25) is 40.0 Å². The first-order valence-electron chi connectivity index (χ1n) is 13.1. The van der Waals surface area contributed by atoms with Gasteiger partial charge in [-0.15, -0.1) is 0 Å². The summed E-state index contributed by atoms with van der Waals surface area (Å²) in [5, 5.41) is 53.9. The number of allylic oxidation sites excluding steroid dienone is 6. The molecule has 2 heterocycles. The molecular formula is C26H30CoN9O8S2-. The summed E-state index contributed by atoms with van der Waals surface area (Å²) < 4.78 is 0. The van der Waals surface area contributed by atoms with Gasteiger partial charge in [0, 0.05) is 50.9 Å². The van der Waals surface area contributed by atoms with Crippen LogP contribution in [0.3, 0.4) is 0 Å². The minimum absolute atomic E-state index is 0. The fourth-order valence-corrected chi connectivity index (χ4v) is 4.73. The van der Waals surface area contributed by atoms with E-state index in [1.54, 1.807) is 4.90 Å². The second-order valence-electron chi connectivity index (χ2n) is 9.42. The second kappa shape index (κ2) is 19.0. The van der Waals surface area contributed by atoms with Crippen LogP contribution in [0.15, 0.2) is 80.8 Å². The maximum atomic E-state index is 10.9. The molecule has 0 amide bonds. The molecule has 0 bridgehead atoms. The number of thiazole rings is 2. The predicted molar refractivity (Wildman–Crippen MR) is 166 cm³/mol. The molecule has 20 heteroatoms. The van der Waals surface area contributed by atoms with E-state index in [0.717, 1.165) is 59.3 Å². The van der Waals surface area contributed by atoms with E-state index < -0.39 is 9.85 Å². The summed E-state index contributed by atoms with van der Waals surface area (Å²) in [7, 11) is 0. The number of hydrogen-bond acceptors (Lipinski definition) is 14. The van der Waals surface area contributed by atoms with E-state index in [1.165, 1.54) is 30.8 Å². The molecule has 2 aliphatic rings. The van der Waals surface area contributed by atoms with Crippen LogP contribution in [-0.4, -0.2) is 61.7 Å². The number of aromatic nitrogens is 2. The number of aliphatic hydroxyl groups excluding tert-OH is 2. The molecule has 249 valence electrons. The largest absolute Gasteiger partial charge is 0.506 e. The van der Waals surface area contributed by atoms with Crippen molar-refractivity contribution in [3.63, 3.8) is 0 Å². The monoisotopic (exact) mass is 719 g/mol. The van der Waals surface area contributed by atoms with Crippen molar-refractivity contribution in [3.05, 3.63) is 90.2 Å². The zero-order chi connectivity index (χ0) is 33.7. The number of quaternary nitrogens is 1. The zero-order valence-corrected chi connectivity index (χ0v) is 27.7. The molecule has 0 saturated heterocycles. The van der Waals surface area contributed by atoms with Crippen molar-refractivity contribution in [1.29, 1.82) is 0 Å². The quantitative estimate of drug-likeness (QED) is 0.212. The van der Waals surface area contributed by atoms with Crippen molar-refractivity contribution in [3.8, 4) is 0 Å². The van der Waals surface area contributed by atoms with E-state index in [9.17, 15) is 40.0 Å². The topological polar surface area (TPSA) is 243 Å². The van der Waals surface area contributed by atoms with Crippen LogP contribution in [0.25, 0.3) is 0 Å². The van der Waals surface area contributed by atoms with Gasteiger partial charge < -0.3 is 35.3 Å². The van der Waals surface area contributed by atoms with Gasteiger partial charge >= 0.3 is 10.0 Å². The van der Waals surface area contributed by atoms with Gasteiger partial charge in [0.05, 0.1) is 28.5 Å². The third-order valence-electron chi connectivity index (χ3n) is 5.59. The SMILES string of the molecule is CC[NH+](C(C)C)C(C)C.O=C1C=C/C(=N\N=c2/[n-]cc([N+](=O)[O-])s2)C(O)=C1.O=C1C=C/C(=N\N=c2/[n-]cc([N+](=O)[O-])s2)C(O)=C1.[Co]. The van der Waals surface area contributed by atoms with Gasteiger partial charge in [0.2, 0.25) is 0 Å². The third-order valence-corrected chi connectivity index (χ3v) is 7.26. The maximum Gasteiger partial charge on any atom is 0.319 e. The molecule has 2 aromatic rings. The average molecular weight is 720 g/mol. The summed E-state index contributed by atoms with van der Waals surface area (Å²) in [6.45, 7) is 12.6. The standard InChI is InChI=1S/2C9H6N4O4S.C8H19N.Co/c2*14-5-1-2-6(7(15)3-5)11-12-9-10-4-8(18-9)13(16)17;1-6-9(7(2)3)8(4)5;/h2*1-4H,(H2,10,12,14,15);7-8H,6H2,1-5H3;/p-1. The third kappa shape index (κ3) is 12.8. The summed E-state index contributed by atoms with van der Waals surface area (Å²) in [5.74, 6) is -1.32. The van der Waals surface area contributed by atoms with Crippen LogP contribution in [0, 0.1) is 20.2 Å². The minimum Gasteiger partial charge on any atom is -0.506 e. The van der Waals surface area contributed by atoms with Gasteiger partial charge in [-0.05, 0) is 58.9 Å². The van der Waals surface area contributed by atoms with Crippen LogP contribution in [0.2, 0.25) is 0 Å². The normalized spacial score (nSPS) is 16.6. The van der Waals surface area contributed by atoms with Crippen LogP contribution in [0.5, 0.6) is 0 Å². The Bertz CT molecular complexity index is 1620. The molecule has 3 N–H and O–H groups in total. The van der Waals surface area contributed by atoms with Crippen molar-refractivity contribution in [1.82, 2.24) is 9.97 Å². The Labute approximate surface area is 280 Å². The van der Waals surface area contributed by atoms with Crippen LogP contribution >= 0.6 is 22.7 Å². The van der Waals surface area contributed by atoms with E-state index >= 15 is 0 Å². The molecule has 0 fully saturated rings. The Balaban J connectivity index is 0.000000362.